The first kappa shape index (κ1) is 18.7. The zero-order chi connectivity index (χ0) is 17.4. The van der Waals surface area contributed by atoms with Crippen molar-refractivity contribution in [2.75, 3.05) is 32.8 Å². The monoisotopic (exact) mass is 334 g/mol. The molecule has 5 nitrogen and oxygen atoms in total. The van der Waals surface area contributed by atoms with E-state index in [1.54, 1.807) is 0 Å². The van der Waals surface area contributed by atoms with E-state index in [0.29, 0.717) is 0 Å². The van der Waals surface area contributed by atoms with Gasteiger partial charge in [-0.15, -0.1) is 0 Å². The molecule has 1 aliphatic rings. The van der Waals surface area contributed by atoms with Crippen LogP contribution in [0.15, 0.2) is 30.3 Å². The van der Waals surface area contributed by atoms with E-state index in [1.165, 1.54) is 0 Å². The number of carbonyl (C=O) groups is 1. The van der Waals surface area contributed by atoms with E-state index < -0.39 is 5.60 Å². The van der Waals surface area contributed by atoms with Crippen molar-refractivity contribution in [3.05, 3.63) is 35.9 Å². The van der Waals surface area contributed by atoms with Crippen LogP contribution in [0.4, 0.5) is 4.79 Å². The van der Waals surface area contributed by atoms with Crippen LogP contribution in [0.5, 0.6) is 0 Å². The summed E-state index contributed by atoms with van der Waals surface area (Å²) in [7, 11) is 0. The number of morpholine rings is 1. The molecule has 134 valence electrons. The standard InChI is InChI=1S/C19H30N2O3/c1-4-10-19(2,3)24-18(22)20-17(16-8-6-5-7-9-16)15-21-11-13-23-14-12-21/h5-9,17H,4,10-15H2,1-3H3,(H,20,22)/t17-/m1/s1. The Hall–Kier alpha value is -1.59. The number of carbonyl (C=O) groups excluding carboxylic acids is 1. The highest BCUT2D eigenvalue weighted by Gasteiger charge is 2.25. The number of ether oxygens (including phenoxy) is 2. The van der Waals surface area contributed by atoms with E-state index in [-0.39, 0.29) is 12.1 Å². The van der Waals surface area contributed by atoms with E-state index >= 15 is 0 Å². The van der Waals surface area contributed by atoms with Gasteiger partial charge >= 0.3 is 6.09 Å². The molecule has 1 aromatic rings. The molecule has 1 aliphatic heterocycles. The molecule has 0 spiro atoms. The van der Waals surface area contributed by atoms with Crippen molar-refractivity contribution < 1.29 is 14.3 Å². The van der Waals surface area contributed by atoms with Crippen LogP contribution in [0, 0.1) is 0 Å². The van der Waals surface area contributed by atoms with E-state index in [9.17, 15) is 4.79 Å². The quantitative estimate of drug-likeness (QED) is 0.831. The van der Waals surface area contributed by atoms with Crippen LogP contribution < -0.4 is 5.32 Å². The van der Waals surface area contributed by atoms with Gasteiger partial charge in [-0.2, -0.15) is 0 Å². The number of nitrogens with one attached hydrogen (secondary N) is 1. The molecule has 0 saturated carbocycles. The summed E-state index contributed by atoms with van der Waals surface area (Å²) in [5.41, 5.74) is 0.646. The second-order valence-electron chi connectivity index (χ2n) is 6.92. The molecule has 1 atom stereocenters. The molecule has 0 aromatic heterocycles. The van der Waals surface area contributed by atoms with Crippen LogP contribution in [0.2, 0.25) is 0 Å². The number of hydrogen-bond donors (Lipinski definition) is 1. The summed E-state index contributed by atoms with van der Waals surface area (Å²) in [6.45, 7) is 10.0. The first-order chi connectivity index (χ1) is 11.5. The Kier molecular flexibility index (Phi) is 7.06. The average Bonchev–Trinajstić information content (AvgIpc) is 2.55. The van der Waals surface area contributed by atoms with Gasteiger partial charge in [0, 0.05) is 19.6 Å². The summed E-state index contributed by atoms with van der Waals surface area (Å²) in [5, 5.41) is 3.05. The molecule has 0 bridgehead atoms. The predicted molar refractivity (Wildman–Crippen MR) is 95.0 cm³/mol. The van der Waals surface area contributed by atoms with Gasteiger partial charge in [0.15, 0.2) is 0 Å². The lowest BCUT2D eigenvalue weighted by atomic mass is 10.0. The summed E-state index contributed by atoms with van der Waals surface area (Å²) in [4.78, 5) is 14.7. The van der Waals surface area contributed by atoms with Gasteiger partial charge in [0.05, 0.1) is 19.3 Å². The Bertz CT molecular complexity index is 499. The third-order valence-corrected chi connectivity index (χ3v) is 4.26. The molecule has 1 fully saturated rings. The molecular weight excluding hydrogens is 304 g/mol. The molecule has 1 saturated heterocycles. The second-order valence-corrected chi connectivity index (χ2v) is 6.92. The van der Waals surface area contributed by atoms with Crippen molar-refractivity contribution in [1.29, 1.82) is 0 Å². The molecule has 1 amide bonds. The lowest BCUT2D eigenvalue weighted by Crippen LogP contribution is -2.44. The van der Waals surface area contributed by atoms with Gasteiger partial charge in [-0.05, 0) is 25.8 Å². The molecule has 24 heavy (non-hydrogen) atoms. The van der Waals surface area contributed by atoms with Crippen LogP contribution >= 0.6 is 0 Å². The third kappa shape index (κ3) is 6.13. The minimum Gasteiger partial charge on any atom is -0.444 e. The maximum absolute atomic E-state index is 12.4. The van der Waals surface area contributed by atoms with Gasteiger partial charge in [-0.1, -0.05) is 43.7 Å². The SMILES string of the molecule is CCCC(C)(C)OC(=O)N[C@H](CN1CCOCC1)c1ccccc1. The molecular formula is C19H30N2O3. The third-order valence-electron chi connectivity index (χ3n) is 4.26. The minimum absolute atomic E-state index is 0.0887. The lowest BCUT2D eigenvalue weighted by molar-refractivity contribution is 0.0217. The molecule has 5 heteroatoms. The largest absolute Gasteiger partial charge is 0.444 e. The summed E-state index contributed by atoms with van der Waals surface area (Å²) in [6, 6.07) is 9.98. The van der Waals surface area contributed by atoms with Gasteiger partial charge in [-0.25, -0.2) is 4.79 Å². The Morgan fingerprint density at radius 2 is 1.96 bits per heavy atom. The lowest BCUT2D eigenvalue weighted by Gasteiger charge is -2.32. The van der Waals surface area contributed by atoms with Gasteiger partial charge in [0.25, 0.3) is 0 Å². The Morgan fingerprint density at radius 1 is 1.29 bits per heavy atom. The Morgan fingerprint density at radius 3 is 2.58 bits per heavy atom. The zero-order valence-corrected chi connectivity index (χ0v) is 15.1. The predicted octanol–water partition coefficient (Wildman–Crippen LogP) is 3.36. The average molecular weight is 334 g/mol. The van der Waals surface area contributed by atoms with Gasteiger partial charge in [0.2, 0.25) is 0 Å². The number of nitrogens with zero attached hydrogens (tertiary/aromatic N) is 1. The van der Waals surface area contributed by atoms with E-state index in [2.05, 4.69) is 17.1 Å². The molecule has 0 aliphatic carbocycles. The first-order valence-electron chi connectivity index (χ1n) is 8.85. The van der Waals surface area contributed by atoms with Crippen molar-refractivity contribution in [3.8, 4) is 0 Å². The van der Waals surface area contributed by atoms with Crippen molar-refractivity contribution in [3.63, 3.8) is 0 Å². The van der Waals surface area contributed by atoms with Crippen molar-refractivity contribution in [1.82, 2.24) is 10.2 Å². The van der Waals surface area contributed by atoms with Crippen LogP contribution in [-0.2, 0) is 9.47 Å². The Balaban J connectivity index is 2.01. The highest BCUT2D eigenvalue weighted by Crippen LogP contribution is 2.19. The van der Waals surface area contributed by atoms with Crippen molar-refractivity contribution in [2.24, 2.45) is 0 Å². The number of alkyl carbamates (subject to hydrolysis) is 1. The fourth-order valence-corrected chi connectivity index (χ4v) is 3.04. The maximum atomic E-state index is 12.4. The molecule has 2 rings (SSSR count). The zero-order valence-electron chi connectivity index (χ0n) is 15.1. The topological polar surface area (TPSA) is 50.8 Å². The molecule has 1 N–H and O–H groups in total. The molecule has 0 unspecified atom stereocenters. The van der Waals surface area contributed by atoms with Crippen LogP contribution in [0.1, 0.15) is 45.2 Å². The van der Waals surface area contributed by atoms with Crippen LogP contribution in [0.3, 0.4) is 0 Å². The summed E-state index contributed by atoms with van der Waals surface area (Å²) in [6.07, 6.45) is 1.48. The first-order valence-corrected chi connectivity index (χ1v) is 8.85. The van der Waals surface area contributed by atoms with Gasteiger partial charge in [-0.3, -0.25) is 4.90 Å². The smallest absolute Gasteiger partial charge is 0.408 e. The van der Waals surface area contributed by atoms with Gasteiger partial charge < -0.3 is 14.8 Å². The summed E-state index contributed by atoms with van der Waals surface area (Å²) < 4.78 is 11.0. The number of rotatable bonds is 7. The van der Waals surface area contributed by atoms with E-state index in [0.717, 1.165) is 51.3 Å². The molecule has 1 aromatic carbocycles. The highest BCUT2D eigenvalue weighted by molar-refractivity contribution is 5.68. The normalized spacial score (nSPS) is 17.3. The number of hydrogen-bond acceptors (Lipinski definition) is 4. The molecule has 0 radical (unpaired) electrons. The van der Waals surface area contributed by atoms with E-state index in [4.69, 9.17) is 9.47 Å². The summed E-state index contributed by atoms with van der Waals surface area (Å²) >= 11 is 0. The maximum Gasteiger partial charge on any atom is 0.408 e. The second kappa shape index (κ2) is 9.04. The fraction of sp³-hybridized carbons (Fsp3) is 0.632. The number of benzene rings is 1. The fourth-order valence-electron chi connectivity index (χ4n) is 3.04. The summed E-state index contributed by atoms with van der Waals surface area (Å²) in [5.74, 6) is 0. The highest BCUT2D eigenvalue weighted by atomic mass is 16.6. The Labute approximate surface area is 145 Å². The van der Waals surface area contributed by atoms with Crippen LogP contribution in [-0.4, -0.2) is 49.4 Å². The van der Waals surface area contributed by atoms with Crippen molar-refractivity contribution >= 4 is 6.09 Å². The van der Waals surface area contributed by atoms with Crippen molar-refractivity contribution in [2.45, 2.75) is 45.3 Å². The van der Waals surface area contributed by atoms with E-state index in [1.807, 2.05) is 44.2 Å². The van der Waals surface area contributed by atoms with Gasteiger partial charge in [0.1, 0.15) is 5.60 Å². The van der Waals surface area contributed by atoms with Crippen LogP contribution in [0.25, 0.3) is 0 Å². The molecule has 1 heterocycles. The number of amides is 1. The minimum atomic E-state index is -0.445.